The molecule has 1 heterocycles. The third kappa shape index (κ3) is 3.95. The van der Waals surface area contributed by atoms with E-state index in [0.717, 1.165) is 11.1 Å². The van der Waals surface area contributed by atoms with Gasteiger partial charge in [0.25, 0.3) is 11.8 Å². The summed E-state index contributed by atoms with van der Waals surface area (Å²) in [6, 6.07) is 19.8. The van der Waals surface area contributed by atoms with Gasteiger partial charge in [0.1, 0.15) is 0 Å². The van der Waals surface area contributed by atoms with Crippen LogP contribution in [0.2, 0.25) is 0 Å². The first-order chi connectivity index (χ1) is 12.7. The van der Waals surface area contributed by atoms with Gasteiger partial charge < -0.3 is 10.6 Å². The summed E-state index contributed by atoms with van der Waals surface area (Å²) in [6.45, 7) is 0. The Morgan fingerprint density at radius 1 is 0.846 bits per heavy atom. The largest absolute Gasteiger partial charge is 0.355 e. The number of hydrogen-bond donors (Lipinski definition) is 2. The molecule has 0 saturated heterocycles. The van der Waals surface area contributed by atoms with Crippen molar-refractivity contribution >= 4 is 11.8 Å². The average molecular weight is 345 g/mol. The Kier molecular flexibility index (Phi) is 5.39. The van der Waals surface area contributed by atoms with Gasteiger partial charge in [0, 0.05) is 30.6 Å². The first-order valence-electron chi connectivity index (χ1n) is 8.27. The molecule has 0 radical (unpaired) electrons. The number of carbonyl (C=O) groups excluding carboxylic acids is 2. The van der Waals surface area contributed by atoms with Crippen LogP contribution in [0.5, 0.6) is 0 Å². The van der Waals surface area contributed by atoms with Crippen molar-refractivity contribution in [1.29, 1.82) is 0 Å². The fraction of sp³-hybridized carbons (Fsp3) is 0.0952. The molecular weight excluding hydrogens is 326 g/mol. The molecule has 0 aliphatic heterocycles. The Bertz CT molecular complexity index is 856. The van der Waals surface area contributed by atoms with Gasteiger partial charge in [-0.15, -0.1) is 0 Å². The fourth-order valence-electron chi connectivity index (χ4n) is 2.71. The molecule has 3 aromatic rings. The molecule has 5 heteroatoms. The van der Waals surface area contributed by atoms with Crippen LogP contribution in [-0.4, -0.2) is 23.8 Å². The molecule has 3 rings (SSSR count). The summed E-state index contributed by atoms with van der Waals surface area (Å²) in [5, 5.41) is 5.60. The summed E-state index contributed by atoms with van der Waals surface area (Å²) in [5.74, 6) is -0.486. The Hall–Kier alpha value is -3.47. The van der Waals surface area contributed by atoms with Crippen LogP contribution in [0, 0.1) is 0 Å². The van der Waals surface area contributed by atoms with Crippen molar-refractivity contribution in [3.8, 4) is 0 Å². The van der Waals surface area contributed by atoms with E-state index in [2.05, 4.69) is 15.6 Å². The van der Waals surface area contributed by atoms with Crippen molar-refractivity contribution in [2.75, 3.05) is 7.05 Å². The van der Waals surface area contributed by atoms with E-state index in [1.165, 1.54) is 0 Å². The number of hydrogen-bond acceptors (Lipinski definition) is 3. The predicted molar refractivity (Wildman–Crippen MR) is 99.8 cm³/mol. The number of aromatic nitrogens is 1. The third-order valence-electron chi connectivity index (χ3n) is 4.04. The molecule has 0 bridgehead atoms. The second-order valence-electron chi connectivity index (χ2n) is 5.76. The zero-order valence-electron chi connectivity index (χ0n) is 14.3. The number of nitrogens with zero attached hydrogens (tertiary/aromatic N) is 1. The zero-order valence-corrected chi connectivity index (χ0v) is 14.3. The second kappa shape index (κ2) is 8.07. The second-order valence-corrected chi connectivity index (χ2v) is 5.76. The third-order valence-corrected chi connectivity index (χ3v) is 4.04. The quantitative estimate of drug-likeness (QED) is 0.747. The van der Waals surface area contributed by atoms with Crippen molar-refractivity contribution in [1.82, 2.24) is 15.6 Å². The molecule has 0 aliphatic carbocycles. The highest BCUT2D eigenvalue weighted by molar-refractivity contribution is 5.99. The zero-order chi connectivity index (χ0) is 18.4. The van der Waals surface area contributed by atoms with E-state index in [-0.39, 0.29) is 17.9 Å². The molecule has 2 aromatic carbocycles. The molecule has 26 heavy (non-hydrogen) atoms. The number of pyridine rings is 1. The molecule has 1 unspecified atom stereocenters. The molecule has 0 spiro atoms. The number of amides is 2. The maximum atomic E-state index is 12.8. The number of rotatable bonds is 5. The van der Waals surface area contributed by atoms with Crippen LogP contribution < -0.4 is 10.6 Å². The lowest BCUT2D eigenvalue weighted by Crippen LogP contribution is -2.29. The van der Waals surface area contributed by atoms with Gasteiger partial charge in [-0.3, -0.25) is 14.6 Å². The van der Waals surface area contributed by atoms with E-state index in [1.807, 2.05) is 42.5 Å². The minimum Gasteiger partial charge on any atom is -0.355 e. The number of carbonyl (C=O) groups is 2. The topological polar surface area (TPSA) is 71.1 Å². The predicted octanol–water partition coefficient (Wildman–Crippen LogP) is 2.96. The first kappa shape index (κ1) is 17.4. The molecule has 130 valence electrons. The molecule has 0 fully saturated rings. The maximum Gasteiger partial charge on any atom is 0.252 e. The highest BCUT2D eigenvalue weighted by atomic mass is 16.2. The molecule has 2 N–H and O–H groups in total. The highest BCUT2D eigenvalue weighted by Gasteiger charge is 2.18. The summed E-state index contributed by atoms with van der Waals surface area (Å²) in [6.07, 6.45) is 3.43. The van der Waals surface area contributed by atoms with Crippen LogP contribution in [0.15, 0.2) is 79.1 Å². The van der Waals surface area contributed by atoms with Gasteiger partial charge in [-0.1, -0.05) is 42.5 Å². The van der Waals surface area contributed by atoms with Crippen LogP contribution in [0.3, 0.4) is 0 Å². The fourth-order valence-corrected chi connectivity index (χ4v) is 2.71. The SMILES string of the molecule is CNC(=O)c1cccc(C(=O)NC(c2ccccc2)c2cccnc2)c1. The van der Waals surface area contributed by atoms with Crippen LogP contribution >= 0.6 is 0 Å². The van der Waals surface area contributed by atoms with Gasteiger partial charge >= 0.3 is 0 Å². The Morgan fingerprint density at radius 3 is 2.19 bits per heavy atom. The Balaban J connectivity index is 1.90. The van der Waals surface area contributed by atoms with Crippen LogP contribution in [0.1, 0.15) is 37.9 Å². The average Bonchev–Trinajstić information content (AvgIpc) is 2.72. The van der Waals surface area contributed by atoms with Crippen LogP contribution in [-0.2, 0) is 0 Å². The summed E-state index contributed by atoms with van der Waals surface area (Å²) in [4.78, 5) is 28.8. The Labute approximate surface area is 152 Å². The van der Waals surface area contributed by atoms with Gasteiger partial charge in [-0.25, -0.2) is 0 Å². The van der Waals surface area contributed by atoms with E-state index in [4.69, 9.17) is 0 Å². The molecule has 0 saturated carbocycles. The minimum absolute atomic E-state index is 0.230. The van der Waals surface area contributed by atoms with E-state index < -0.39 is 0 Å². The highest BCUT2D eigenvalue weighted by Crippen LogP contribution is 2.21. The molecule has 2 amide bonds. The standard InChI is InChI=1S/C21H19N3O2/c1-22-20(25)16-9-5-10-17(13-16)21(26)24-19(15-7-3-2-4-8-15)18-11-6-12-23-14-18/h2-14,19H,1H3,(H,22,25)(H,24,26). The van der Waals surface area contributed by atoms with Gasteiger partial charge in [0.05, 0.1) is 6.04 Å². The smallest absolute Gasteiger partial charge is 0.252 e. The first-order valence-corrected chi connectivity index (χ1v) is 8.27. The number of nitrogens with one attached hydrogen (secondary N) is 2. The van der Waals surface area contributed by atoms with Gasteiger partial charge in [0.2, 0.25) is 0 Å². The van der Waals surface area contributed by atoms with Gasteiger partial charge in [-0.05, 0) is 35.4 Å². The van der Waals surface area contributed by atoms with Crippen LogP contribution in [0.25, 0.3) is 0 Å². The van der Waals surface area contributed by atoms with E-state index >= 15 is 0 Å². The summed E-state index contributed by atoms with van der Waals surface area (Å²) in [5.41, 5.74) is 2.71. The lowest BCUT2D eigenvalue weighted by Gasteiger charge is -2.19. The molecule has 0 aliphatic rings. The molecule has 1 aromatic heterocycles. The summed E-state index contributed by atoms with van der Waals surface area (Å²) >= 11 is 0. The normalized spacial score (nSPS) is 11.4. The van der Waals surface area contributed by atoms with Crippen molar-refractivity contribution in [2.45, 2.75) is 6.04 Å². The molecule has 1 atom stereocenters. The lowest BCUT2D eigenvalue weighted by atomic mass is 9.99. The van der Waals surface area contributed by atoms with Crippen molar-refractivity contribution in [3.63, 3.8) is 0 Å². The summed E-state index contributed by atoms with van der Waals surface area (Å²) in [7, 11) is 1.56. The Morgan fingerprint density at radius 2 is 1.54 bits per heavy atom. The maximum absolute atomic E-state index is 12.8. The van der Waals surface area contributed by atoms with E-state index in [9.17, 15) is 9.59 Å². The van der Waals surface area contributed by atoms with Crippen molar-refractivity contribution < 1.29 is 9.59 Å². The molecular formula is C21H19N3O2. The molecule has 5 nitrogen and oxygen atoms in total. The van der Waals surface area contributed by atoms with Gasteiger partial charge in [0.15, 0.2) is 0 Å². The number of benzene rings is 2. The lowest BCUT2D eigenvalue weighted by molar-refractivity contribution is 0.0943. The monoisotopic (exact) mass is 345 g/mol. The summed E-state index contributed by atoms with van der Waals surface area (Å²) < 4.78 is 0. The van der Waals surface area contributed by atoms with E-state index in [0.29, 0.717) is 11.1 Å². The van der Waals surface area contributed by atoms with E-state index in [1.54, 1.807) is 43.7 Å². The van der Waals surface area contributed by atoms with Crippen molar-refractivity contribution in [3.05, 3.63) is 101 Å². The minimum atomic E-state index is -0.332. The van der Waals surface area contributed by atoms with Crippen molar-refractivity contribution in [2.24, 2.45) is 0 Å². The van der Waals surface area contributed by atoms with Gasteiger partial charge in [-0.2, -0.15) is 0 Å². The van der Waals surface area contributed by atoms with Crippen LogP contribution in [0.4, 0.5) is 0 Å².